The monoisotopic (exact) mass is 341 g/mol. The van der Waals surface area contributed by atoms with Gasteiger partial charge in [0, 0.05) is 24.2 Å². The fraction of sp³-hybridized carbons (Fsp3) is 0.647. The number of unbranched alkanes of at least 4 members (excludes halogenated alkanes) is 1. The molecule has 20 heavy (non-hydrogen) atoms. The zero-order valence-electron chi connectivity index (χ0n) is 12.8. The third-order valence-electron chi connectivity index (χ3n) is 3.39. The van der Waals surface area contributed by atoms with Crippen LogP contribution in [0.1, 0.15) is 51.0 Å². The van der Waals surface area contributed by atoms with Gasteiger partial charge in [-0.2, -0.15) is 0 Å². The van der Waals surface area contributed by atoms with Crippen LogP contribution >= 0.6 is 15.9 Å². The summed E-state index contributed by atoms with van der Waals surface area (Å²) in [6, 6.07) is 8.64. The number of hydrogen-bond acceptors (Lipinski definition) is 2. The van der Waals surface area contributed by atoms with E-state index in [2.05, 4.69) is 59.4 Å². The number of nitrogens with one attached hydrogen (secondary N) is 1. The largest absolute Gasteiger partial charge is 0.381 e. The Morgan fingerprint density at radius 2 is 2.05 bits per heavy atom. The number of benzene rings is 1. The van der Waals surface area contributed by atoms with E-state index in [0.717, 1.165) is 43.6 Å². The van der Waals surface area contributed by atoms with E-state index in [1.165, 1.54) is 18.4 Å². The fourth-order valence-electron chi connectivity index (χ4n) is 2.17. The molecule has 0 aliphatic rings. The summed E-state index contributed by atoms with van der Waals surface area (Å²) in [6.45, 7) is 8.26. The van der Waals surface area contributed by atoms with Crippen LogP contribution in [0.25, 0.3) is 0 Å². The van der Waals surface area contributed by atoms with E-state index in [1.54, 1.807) is 0 Å². The molecule has 1 unspecified atom stereocenters. The van der Waals surface area contributed by atoms with Gasteiger partial charge in [-0.05, 0) is 49.4 Å². The molecule has 0 fully saturated rings. The summed E-state index contributed by atoms with van der Waals surface area (Å²) in [6.07, 6.45) is 4.62. The Morgan fingerprint density at radius 1 is 1.20 bits per heavy atom. The Kier molecular flexibility index (Phi) is 9.98. The molecular weight excluding hydrogens is 314 g/mol. The van der Waals surface area contributed by atoms with E-state index in [0.29, 0.717) is 5.92 Å². The smallest absolute Gasteiger partial charge is 0.0472 e. The van der Waals surface area contributed by atoms with Gasteiger partial charge in [-0.3, -0.25) is 0 Å². The zero-order valence-corrected chi connectivity index (χ0v) is 14.4. The predicted octanol–water partition coefficient (Wildman–Crippen LogP) is 4.74. The minimum absolute atomic E-state index is 0.528. The average molecular weight is 342 g/mol. The lowest BCUT2D eigenvalue weighted by Crippen LogP contribution is -2.23. The van der Waals surface area contributed by atoms with Gasteiger partial charge in [0.25, 0.3) is 0 Å². The molecule has 1 aromatic rings. The second-order valence-corrected chi connectivity index (χ2v) is 6.13. The molecule has 1 rings (SSSR count). The lowest BCUT2D eigenvalue weighted by atomic mass is 9.96. The standard InChI is InChI=1S/C17H28BrNO/c1-3-5-11-20-12-9-16(14-19-10-4-2)15-7-6-8-17(18)13-15/h6-8,13,16,19H,3-5,9-12,14H2,1-2H3. The van der Waals surface area contributed by atoms with Crippen LogP contribution in [0.3, 0.4) is 0 Å². The van der Waals surface area contributed by atoms with Crippen molar-refractivity contribution in [1.82, 2.24) is 5.32 Å². The van der Waals surface area contributed by atoms with Crippen molar-refractivity contribution in [3.05, 3.63) is 34.3 Å². The van der Waals surface area contributed by atoms with Crippen molar-refractivity contribution in [2.75, 3.05) is 26.3 Å². The highest BCUT2D eigenvalue weighted by Crippen LogP contribution is 2.22. The van der Waals surface area contributed by atoms with Gasteiger partial charge in [0.05, 0.1) is 0 Å². The molecule has 0 amide bonds. The van der Waals surface area contributed by atoms with Gasteiger partial charge < -0.3 is 10.1 Å². The first-order valence-corrected chi connectivity index (χ1v) is 8.61. The van der Waals surface area contributed by atoms with Crippen LogP contribution < -0.4 is 5.32 Å². The third kappa shape index (κ3) is 7.41. The Bertz CT molecular complexity index is 357. The summed E-state index contributed by atoms with van der Waals surface area (Å²) in [5.74, 6) is 0.528. The first kappa shape index (κ1) is 17.7. The van der Waals surface area contributed by atoms with Crippen molar-refractivity contribution in [3.63, 3.8) is 0 Å². The van der Waals surface area contributed by atoms with E-state index in [9.17, 15) is 0 Å². The topological polar surface area (TPSA) is 21.3 Å². The molecule has 0 saturated heterocycles. The highest BCUT2D eigenvalue weighted by Gasteiger charge is 2.11. The van der Waals surface area contributed by atoms with E-state index in [4.69, 9.17) is 4.74 Å². The second kappa shape index (κ2) is 11.3. The van der Waals surface area contributed by atoms with Gasteiger partial charge in [-0.25, -0.2) is 0 Å². The van der Waals surface area contributed by atoms with Crippen LogP contribution in [0.15, 0.2) is 28.7 Å². The molecular formula is C17H28BrNO. The number of rotatable bonds is 11. The minimum atomic E-state index is 0.528. The quantitative estimate of drug-likeness (QED) is 0.587. The van der Waals surface area contributed by atoms with Gasteiger partial charge in [-0.1, -0.05) is 48.3 Å². The number of halogens is 1. The van der Waals surface area contributed by atoms with Gasteiger partial charge in [0.2, 0.25) is 0 Å². The molecule has 0 spiro atoms. The highest BCUT2D eigenvalue weighted by atomic mass is 79.9. The Hall–Kier alpha value is -0.380. The Morgan fingerprint density at radius 3 is 2.75 bits per heavy atom. The van der Waals surface area contributed by atoms with Crippen molar-refractivity contribution >= 4 is 15.9 Å². The van der Waals surface area contributed by atoms with Crippen molar-refractivity contribution < 1.29 is 4.74 Å². The molecule has 2 nitrogen and oxygen atoms in total. The van der Waals surface area contributed by atoms with Gasteiger partial charge in [-0.15, -0.1) is 0 Å². The number of hydrogen-bond donors (Lipinski definition) is 1. The molecule has 1 atom stereocenters. The van der Waals surface area contributed by atoms with Crippen molar-refractivity contribution in [2.45, 2.75) is 45.4 Å². The van der Waals surface area contributed by atoms with Gasteiger partial charge >= 0.3 is 0 Å². The van der Waals surface area contributed by atoms with Crippen LogP contribution in [0.5, 0.6) is 0 Å². The first-order valence-electron chi connectivity index (χ1n) is 7.81. The molecule has 3 heteroatoms. The summed E-state index contributed by atoms with van der Waals surface area (Å²) >= 11 is 3.56. The molecule has 0 radical (unpaired) electrons. The van der Waals surface area contributed by atoms with Crippen molar-refractivity contribution in [1.29, 1.82) is 0 Å². The zero-order chi connectivity index (χ0) is 14.6. The van der Waals surface area contributed by atoms with E-state index >= 15 is 0 Å². The van der Waals surface area contributed by atoms with Crippen molar-refractivity contribution in [3.8, 4) is 0 Å². The average Bonchev–Trinajstić information content (AvgIpc) is 2.45. The van der Waals surface area contributed by atoms with Crippen molar-refractivity contribution in [2.24, 2.45) is 0 Å². The minimum Gasteiger partial charge on any atom is -0.381 e. The van der Waals surface area contributed by atoms with Crippen LogP contribution in [0.2, 0.25) is 0 Å². The first-order chi connectivity index (χ1) is 9.77. The van der Waals surface area contributed by atoms with Gasteiger partial charge in [0.1, 0.15) is 0 Å². The van der Waals surface area contributed by atoms with E-state index in [1.807, 2.05) is 0 Å². The Balaban J connectivity index is 2.47. The lowest BCUT2D eigenvalue weighted by molar-refractivity contribution is 0.124. The molecule has 0 aliphatic carbocycles. The molecule has 114 valence electrons. The normalized spacial score (nSPS) is 12.6. The summed E-state index contributed by atoms with van der Waals surface area (Å²) in [4.78, 5) is 0. The second-order valence-electron chi connectivity index (χ2n) is 5.21. The molecule has 1 aromatic carbocycles. The van der Waals surface area contributed by atoms with E-state index in [-0.39, 0.29) is 0 Å². The maximum Gasteiger partial charge on any atom is 0.0472 e. The summed E-state index contributed by atoms with van der Waals surface area (Å²) in [5, 5.41) is 3.53. The maximum atomic E-state index is 5.72. The molecule has 0 aliphatic heterocycles. The molecule has 1 N–H and O–H groups in total. The van der Waals surface area contributed by atoms with Crippen LogP contribution in [-0.4, -0.2) is 26.3 Å². The summed E-state index contributed by atoms with van der Waals surface area (Å²) in [5.41, 5.74) is 1.39. The molecule has 0 saturated carbocycles. The van der Waals surface area contributed by atoms with Crippen LogP contribution in [0.4, 0.5) is 0 Å². The Labute approximate surface area is 132 Å². The fourth-order valence-corrected chi connectivity index (χ4v) is 2.59. The molecule has 0 bridgehead atoms. The summed E-state index contributed by atoms with van der Waals surface area (Å²) in [7, 11) is 0. The maximum absolute atomic E-state index is 5.72. The molecule has 0 aromatic heterocycles. The SMILES string of the molecule is CCCCOCCC(CNCCC)c1cccc(Br)c1. The number of ether oxygens (including phenoxy) is 1. The van der Waals surface area contributed by atoms with Crippen LogP contribution in [-0.2, 0) is 4.74 Å². The van der Waals surface area contributed by atoms with Gasteiger partial charge in [0.15, 0.2) is 0 Å². The summed E-state index contributed by atoms with van der Waals surface area (Å²) < 4.78 is 6.88. The lowest BCUT2D eigenvalue weighted by Gasteiger charge is -2.18. The van der Waals surface area contributed by atoms with E-state index < -0.39 is 0 Å². The third-order valence-corrected chi connectivity index (χ3v) is 3.88. The predicted molar refractivity (Wildman–Crippen MR) is 90.4 cm³/mol. The highest BCUT2D eigenvalue weighted by molar-refractivity contribution is 9.10. The molecule has 0 heterocycles. The van der Waals surface area contributed by atoms with Crippen LogP contribution in [0, 0.1) is 0 Å².